The van der Waals surface area contributed by atoms with Gasteiger partial charge in [0.15, 0.2) is 0 Å². The molecule has 1 rings (SSSR count). The summed E-state index contributed by atoms with van der Waals surface area (Å²) in [4.78, 5) is 4.66. The summed E-state index contributed by atoms with van der Waals surface area (Å²) in [7, 11) is 5.90. The number of likely N-dealkylation sites (N-methyl/N-ethyl adjacent to an activating group) is 1. The van der Waals surface area contributed by atoms with E-state index in [1.54, 1.807) is 7.11 Å². The van der Waals surface area contributed by atoms with E-state index >= 15 is 0 Å². The first-order chi connectivity index (χ1) is 10.0. The van der Waals surface area contributed by atoms with E-state index in [9.17, 15) is 0 Å². The minimum atomic E-state index is 0.203. The summed E-state index contributed by atoms with van der Waals surface area (Å²) in [6.07, 6.45) is 1.12. The lowest BCUT2D eigenvalue weighted by Gasteiger charge is -2.32. The Labute approximate surface area is 137 Å². The number of methoxy groups -OCH3 is 1. The summed E-state index contributed by atoms with van der Waals surface area (Å²) < 4.78 is 6.44. The van der Waals surface area contributed by atoms with Crippen molar-refractivity contribution in [3.63, 3.8) is 0 Å². The monoisotopic (exact) mass is 357 g/mol. The Morgan fingerprint density at radius 1 is 1.24 bits per heavy atom. The molecule has 2 N–H and O–H groups in total. The molecule has 0 amide bonds. The first kappa shape index (κ1) is 18.4. The highest BCUT2D eigenvalue weighted by atomic mass is 79.9. The van der Waals surface area contributed by atoms with Gasteiger partial charge in [0, 0.05) is 30.1 Å². The van der Waals surface area contributed by atoms with Crippen LogP contribution in [0.5, 0.6) is 5.75 Å². The molecule has 1 aromatic rings. The van der Waals surface area contributed by atoms with E-state index in [0.29, 0.717) is 6.54 Å². The third-order valence-electron chi connectivity index (χ3n) is 3.57. The van der Waals surface area contributed by atoms with Gasteiger partial charge in [-0.15, -0.1) is 0 Å². The average Bonchev–Trinajstić information content (AvgIpc) is 2.47. The molecule has 0 saturated heterocycles. The summed E-state index contributed by atoms with van der Waals surface area (Å²) in [5, 5.41) is 0. The molecule has 1 atom stereocenters. The number of hydrogen-bond donors (Lipinski definition) is 1. The Kier molecular flexibility index (Phi) is 8.26. The largest absolute Gasteiger partial charge is 0.497 e. The van der Waals surface area contributed by atoms with E-state index in [1.807, 2.05) is 12.1 Å². The zero-order valence-electron chi connectivity index (χ0n) is 13.6. The minimum Gasteiger partial charge on any atom is -0.497 e. The van der Waals surface area contributed by atoms with Crippen molar-refractivity contribution >= 4 is 15.9 Å². The number of rotatable bonds is 9. The first-order valence-corrected chi connectivity index (χ1v) is 8.25. The Morgan fingerprint density at radius 2 is 1.95 bits per heavy atom. The van der Waals surface area contributed by atoms with Crippen LogP contribution < -0.4 is 10.5 Å². The van der Waals surface area contributed by atoms with Crippen LogP contribution in [0.2, 0.25) is 0 Å². The van der Waals surface area contributed by atoms with Crippen LogP contribution in [0, 0.1) is 0 Å². The van der Waals surface area contributed by atoms with Gasteiger partial charge in [-0.2, -0.15) is 0 Å². The smallest absolute Gasteiger partial charge is 0.119 e. The maximum absolute atomic E-state index is 6.09. The summed E-state index contributed by atoms with van der Waals surface area (Å²) in [5.41, 5.74) is 7.28. The third-order valence-corrected chi connectivity index (χ3v) is 4.29. The highest BCUT2D eigenvalue weighted by Gasteiger charge is 2.21. The predicted molar refractivity (Wildman–Crippen MR) is 92.9 cm³/mol. The van der Waals surface area contributed by atoms with Crippen LogP contribution in [0.15, 0.2) is 22.7 Å². The highest BCUT2D eigenvalue weighted by molar-refractivity contribution is 9.10. The van der Waals surface area contributed by atoms with Gasteiger partial charge in [-0.05, 0) is 50.8 Å². The summed E-state index contributed by atoms with van der Waals surface area (Å²) in [5.74, 6) is 0.871. The molecule has 0 spiro atoms. The van der Waals surface area contributed by atoms with Crippen LogP contribution in [-0.4, -0.2) is 57.2 Å². The van der Waals surface area contributed by atoms with Gasteiger partial charge in [-0.1, -0.05) is 22.9 Å². The number of ether oxygens (including phenoxy) is 1. The lowest BCUT2D eigenvalue weighted by atomic mass is 10.0. The molecule has 0 fully saturated rings. The van der Waals surface area contributed by atoms with Crippen molar-refractivity contribution in [2.45, 2.75) is 19.4 Å². The molecule has 0 aromatic heterocycles. The van der Waals surface area contributed by atoms with Crippen LogP contribution in [-0.2, 0) is 0 Å². The van der Waals surface area contributed by atoms with E-state index in [2.05, 4.69) is 52.8 Å². The van der Waals surface area contributed by atoms with Gasteiger partial charge >= 0.3 is 0 Å². The fraction of sp³-hybridized carbons (Fsp3) is 0.625. The number of benzene rings is 1. The maximum Gasteiger partial charge on any atom is 0.119 e. The van der Waals surface area contributed by atoms with Crippen molar-refractivity contribution in [3.8, 4) is 5.75 Å². The van der Waals surface area contributed by atoms with Crippen molar-refractivity contribution in [3.05, 3.63) is 28.2 Å². The lowest BCUT2D eigenvalue weighted by Crippen LogP contribution is -2.38. The van der Waals surface area contributed by atoms with E-state index in [-0.39, 0.29) is 6.04 Å². The number of halogens is 1. The van der Waals surface area contributed by atoms with Crippen molar-refractivity contribution in [2.24, 2.45) is 5.73 Å². The van der Waals surface area contributed by atoms with Gasteiger partial charge < -0.3 is 15.4 Å². The molecule has 0 heterocycles. The minimum absolute atomic E-state index is 0.203. The second-order valence-electron chi connectivity index (χ2n) is 5.48. The first-order valence-electron chi connectivity index (χ1n) is 7.45. The molecule has 1 unspecified atom stereocenters. The van der Waals surface area contributed by atoms with Gasteiger partial charge in [0.25, 0.3) is 0 Å². The molecular formula is C16H28BrN3O. The standard InChI is InChI=1S/C16H28BrN3O/c1-5-8-20(10-9-19(2)3)16(12-18)14-11-13(21-4)6-7-15(14)17/h6-7,11,16H,5,8-10,12,18H2,1-4H3. The third kappa shape index (κ3) is 5.58. The molecule has 0 saturated carbocycles. The average molecular weight is 358 g/mol. The van der Waals surface area contributed by atoms with E-state index in [0.717, 1.165) is 36.3 Å². The summed E-state index contributed by atoms with van der Waals surface area (Å²) in [6.45, 7) is 5.87. The Balaban J connectivity index is 3.00. The van der Waals surface area contributed by atoms with Crippen LogP contribution in [0.4, 0.5) is 0 Å². The molecular weight excluding hydrogens is 330 g/mol. The molecule has 0 radical (unpaired) electrons. The van der Waals surface area contributed by atoms with Crippen molar-refractivity contribution in [1.82, 2.24) is 9.80 Å². The van der Waals surface area contributed by atoms with Crippen molar-refractivity contribution in [2.75, 3.05) is 47.4 Å². The number of nitrogens with two attached hydrogens (primary N) is 1. The van der Waals surface area contributed by atoms with Crippen LogP contribution in [0.3, 0.4) is 0 Å². The fourth-order valence-electron chi connectivity index (χ4n) is 2.42. The molecule has 0 aliphatic rings. The molecule has 21 heavy (non-hydrogen) atoms. The molecule has 0 bridgehead atoms. The molecule has 120 valence electrons. The van der Waals surface area contributed by atoms with Crippen LogP contribution >= 0.6 is 15.9 Å². The number of nitrogens with zero attached hydrogens (tertiary/aromatic N) is 2. The van der Waals surface area contributed by atoms with Crippen molar-refractivity contribution in [1.29, 1.82) is 0 Å². The van der Waals surface area contributed by atoms with Gasteiger partial charge in [0.05, 0.1) is 7.11 Å². The predicted octanol–water partition coefficient (Wildman–Crippen LogP) is 2.73. The van der Waals surface area contributed by atoms with Crippen LogP contribution in [0.1, 0.15) is 24.9 Å². The van der Waals surface area contributed by atoms with E-state index in [4.69, 9.17) is 10.5 Å². The summed E-state index contributed by atoms with van der Waals surface area (Å²) >= 11 is 3.65. The fourth-order valence-corrected chi connectivity index (χ4v) is 2.93. The molecule has 5 heteroatoms. The Morgan fingerprint density at radius 3 is 2.48 bits per heavy atom. The molecule has 1 aromatic carbocycles. The molecule has 0 aliphatic carbocycles. The van der Waals surface area contributed by atoms with Gasteiger partial charge in [-0.25, -0.2) is 0 Å². The van der Waals surface area contributed by atoms with E-state index in [1.165, 1.54) is 5.56 Å². The second kappa shape index (κ2) is 9.41. The molecule has 0 aliphatic heterocycles. The topological polar surface area (TPSA) is 41.7 Å². The van der Waals surface area contributed by atoms with Crippen LogP contribution in [0.25, 0.3) is 0 Å². The SMILES string of the molecule is CCCN(CCN(C)C)C(CN)c1cc(OC)ccc1Br. The van der Waals surface area contributed by atoms with Gasteiger partial charge in [0.2, 0.25) is 0 Å². The molecule has 4 nitrogen and oxygen atoms in total. The Bertz CT molecular complexity index is 426. The van der Waals surface area contributed by atoms with Crippen molar-refractivity contribution < 1.29 is 4.74 Å². The maximum atomic E-state index is 6.09. The second-order valence-corrected chi connectivity index (χ2v) is 6.33. The number of hydrogen-bond acceptors (Lipinski definition) is 4. The zero-order valence-corrected chi connectivity index (χ0v) is 15.2. The quantitative estimate of drug-likeness (QED) is 0.737. The Hall–Kier alpha value is -0.620. The van der Waals surface area contributed by atoms with Gasteiger partial charge in [0.1, 0.15) is 5.75 Å². The summed E-state index contributed by atoms with van der Waals surface area (Å²) in [6, 6.07) is 6.28. The normalized spacial score (nSPS) is 13.0. The van der Waals surface area contributed by atoms with E-state index < -0.39 is 0 Å². The zero-order chi connectivity index (χ0) is 15.8. The van der Waals surface area contributed by atoms with Gasteiger partial charge in [-0.3, -0.25) is 4.90 Å². The lowest BCUT2D eigenvalue weighted by molar-refractivity contribution is 0.182. The highest BCUT2D eigenvalue weighted by Crippen LogP contribution is 2.30.